The molecular weight excluding hydrogens is 456 g/mol. The summed E-state index contributed by atoms with van der Waals surface area (Å²) in [5.74, 6) is 2.28. The Hall–Kier alpha value is -4.91. The Balaban J connectivity index is 1.43. The summed E-state index contributed by atoms with van der Waals surface area (Å²) >= 11 is 0. The molecule has 0 saturated heterocycles. The van der Waals surface area contributed by atoms with E-state index in [9.17, 15) is 4.79 Å². The van der Waals surface area contributed by atoms with Gasteiger partial charge in [-0.1, -0.05) is 29.8 Å². The molecule has 3 heterocycles. The van der Waals surface area contributed by atoms with E-state index in [2.05, 4.69) is 56.8 Å². The van der Waals surface area contributed by atoms with Crippen molar-refractivity contribution in [2.45, 2.75) is 20.4 Å². The lowest BCUT2D eigenvalue weighted by molar-refractivity contribution is 0.477. The SMILES string of the molecule is CCN1CNc2c1c(=O)nc(Nc1ccc(Oc3cnc(C#N)nc3)cc1)n2Cc1ccc(C)cc1. The van der Waals surface area contributed by atoms with Crippen molar-refractivity contribution in [1.82, 2.24) is 19.5 Å². The quantitative estimate of drug-likeness (QED) is 0.404. The van der Waals surface area contributed by atoms with Crippen molar-refractivity contribution in [3.05, 3.63) is 88.2 Å². The monoisotopic (exact) mass is 480 g/mol. The van der Waals surface area contributed by atoms with Crippen LogP contribution in [0.15, 0.2) is 65.7 Å². The van der Waals surface area contributed by atoms with E-state index < -0.39 is 0 Å². The minimum Gasteiger partial charge on any atom is -0.454 e. The lowest BCUT2D eigenvalue weighted by Gasteiger charge is -2.19. The van der Waals surface area contributed by atoms with Crippen molar-refractivity contribution < 1.29 is 4.74 Å². The summed E-state index contributed by atoms with van der Waals surface area (Å²) in [6.07, 6.45) is 2.89. The Kier molecular flexibility index (Phi) is 6.19. The van der Waals surface area contributed by atoms with Gasteiger partial charge in [0.2, 0.25) is 11.8 Å². The highest BCUT2D eigenvalue weighted by Crippen LogP contribution is 2.31. The summed E-state index contributed by atoms with van der Waals surface area (Å²) in [4.78, 5) is 27.1. The first-order chi connectivity index (χ1) is 17.5. The minimum atomic E-state index is -0.278. The Morgan fingerprint density at radius 1 is 1.08 bits per heavy atom. The van der Waals surface area contributed by atoms with Gasteiger partial charge >= 0.3 is 0 Å². The molecule has 0 radical (unpaired) electrons. The molecule has 5 rings (SSSR count). The van der Waals surface area contributed by atoms with Gasteiger partial charge in [-0.15, -0.1) is 0 Å². The van der Waals surface area contributed by atoms with E-state index in [0.717, 1.165) is 17.1 Å². The summed E-state index contributed by atoms with van der Waals surface area (Å²) in [5.41, 5.74) is 3.34. The normalized spacial score (nSPS) is 12.0. The predicted octanol–water partition coefficient (Wildman–Crippen LogP) is 4.01. The highest BCUT2D eigenvalue weighted by molar-refractivity contribution is 5.73. The van der Waals surface area contributed by atoms with Crippen molar-refractivity contribution in [1.29, 1.82) is 5.26 Å². The Labute approximate surface area is 207 Å². The number of aryl methyl sites for hydroxylation is 1. The average molecular weight is 481 g/mol. The van der Waals surface area contributed by atoms with Crippen LogP contribution in [-0.2, 0) is 6.54 Å². The second kappa shape index (κ2) is 9.76. The predicted molar refractivity (Wildman–Crippen MR) is 137 cm³/mol. The maximum absolute atomic E-state index is 12.9. The van der Waals surface area contributed by atoms with Crippen LogP contribution in [0.5, 0.6) is 11.5 Å². The molecule has 10 nitrogen and oxygen atoms in total. The molecule has 0 amide bonds. The molecule has 0 aliphatic carbocycles. The molecule has 180 valence electrons. The third kappa shape index (κ3) is 4.67. The van der Waals surface area contributed by atoms with Crippen LogP contribution in [0.1, 0.15) is 23.9 Å². The van der Waals surface area contributed by atoms with Crippen LogP contribution < -0.4 is 25.8 Å². The summed E-state index contributed by atoms with van der Waals surface area (Å²) in [6, 6.07) is 17.4. The van der Waals surface area contributed by atoms with E-state index in [1.165, 1.54) is 18.0 Å². The van der Waals surface area contributed by atoms with Gasteiger partial charge in [-0.25, -0.2) is 9.97 Å². The van der Waals surface area contributed by atoms with Crippen LogP contribution >= 0.6 is 0 Å². The second-order valence-electron chi connectivity index (χ2n) is 8.31. The molecule has 36 heavy (non-hydrogen) atoms. The molecule has 0 saturated carbocycles. The molecular formula is C26H24N8O2. The number of aromatic nitrogens is 4. The van der Waals surface area contributed by atoms with Gasteiger partial charge < -0.3 is 20.3 Å². The molecule has 1 aliphatic rings. The molecule has 1 aliphatic heterocycles. The van der Waals surface area contributed by atoms with Crippen molar-refractivity contribution in [2.24, 2.45) is 0 Å². The van der Waals surface area contributed by atoms with Crippen LogP contribution in [0.25, 0.3) is 0 Å². The van der Waals surface area contributed by atoms with Gasteiger partial charge in [0.1, 0.15) is 23.3 Å². The van der Waals surface area contributed by atoms with Crippen molar-refractivity contribution in [2.75, 3.05) is 28.7 Å². The number of fused-ring (bicyclic) bond motifs is 1. The highest BCUT2D eigenvalue weighted by Gasteiger charge is 2.26. The van der Waals surface area contributed by atoms with Crippen LogP contribution in [0.2, 0.25) is 0 Å². The molecule has 0 spiro atoms. The summed E-state index contributed by atoms with van der Waals surface area (Å²) < 4.78 is 7.75. The number of hydrogen-bond donors (Lipinski definition) is 2. The number of hydrogen-bond acceptors (Lipinski definition) is 9. The van der Waals surface area contributed by atoms with E-state index in [1.54, 1.807) is 12.1 Å². The Bertz CT molecular complexity index is 1470. The number of nitrogens with one attached hydrogen (secondary N) is 2. The lowest BCUT2D eigenvalue weighted by atomic mass is 10.1. The maximum atomic E-state index is 12.9. The van der Waals surface area contributed by atoms with E-state index in [0.29, 0.717) is 42.9 Å². The number of benzene rings is 2. The topological polar surface area (TPSA) is 121 Å². The van der Waals surface area contributed by atoms with Gasteiger partial charge in [0.25, 0.3) is 5.56 Å². The molecule has 2 aromatic carbocycles. The zero-order chi connectivity index (χ0) is 25.1. The number of anilines is 4. The molecule has 0 unspecified atom stereocenters. The third-order valence-electron chi connectivity index (χ3n) is 5.83. The molecule has 2 aromatic heterocycles. The fourth-order valence-corrected chi connectivity index (χ4v) is 3.95. The van der Waals surface area contributed by atoms with Gasteiger partial charge in [0.05, 0.1) is 25.6 Å². The van der Waals surface area contributed by atoms with Crippen molar-refractivity contribution in [3.63, 3.8) is 0 Å². The standard InChI is InChI=1S/C26H24N8O2/c1-3-33-16-30-24-23(33)25(35)32-26(34(24)15-18-6-4-17(2)5-7-18)31-19-8-10-20(11-9-19)36-21-13-28-22(12-27)29-14-21/h4-11,13-14,30H,3,15-16H2,1-2H3,(H,31,32,35). The van der Waals surface area contributed by atoms with E-state index in [-0.39, 0.29) is 11.4 Å². The summed E-state index contributed by atoms with van der Waals surface area (Å²) in [7, 11) is 0. The molecule has 10 heteroatoms. The van der Waals surface area contributed by atoms with Gasteiger partial charge in [0, 0.05) is 12.2 Å². The number of nitriles is 1. The highest BCUT2D eigenvalue weighted by atomic mass is 16.5. The number of rotatable bonds is 7. The molecule has 0 fully saturated rings. The third-order valence-corrected chi connectivity index (χ3v) is 5.83. The Morgan fingerprint density at radius 3 is 2.47 bits per heavy atom. The summed E-state index contributed by atoms with van der Waals surface area (Å²) in [6.45, 7) is 5.88. The second-order valence-corrected chi connectivity index (χ2v) is 8.31. The first-order valence-electron chi connectivity index (χ1n) is 11.5. The van der Waals surface area contributed by atoms with Crippen molar-refractivity contribution >= 4 is 23.1 Å². The fraction of sp³-hybridized carbons (Fsp3) is 0.192. The smallest absolute Gasteiger partial charge is 0.300 e. The van der Waals surface area contributed by atoms with Crippen LogP contribution in [0.4, 0.5) is 23.1 Å². The summed E-state index contributed by atoms with van der Waals surface area (Å²) in [5, 5.41) is 15.5. The molecule has 0 atom stereocenters. The fourth-order valence-electron chi connectivity index (χ4n) is 3.95. The van der Waals surface area contributed by atoms with Gasteiger partial charge in [-0.2, -0.15) is 10.2 Å². The zero-order valence-corrected chi connectivity index (χ0v) is 19.9. The first-order valence-corrected chi connectivity index (χ1v) is 11.5. The lowest BCUT2D eigenvalue weighted by Crippen LogP contribution is -2.27. The molecule has 4 aromatic rings. The number of nitrogens with zero attached hydrogens (tertiary/aromatic N) is 6. The van der Waals surface area contributed by atoms with E-state index >= 15 is 0 Å². The van der Waals surface area contributed by atoms with E-state index in [1.807, 2.05) is 34.6 Å². The Morgan fingerprint density at radius 2 is 1.81 bits per heavy atom. The van der Waals surface area contributed by atoms with Gasteiger partial charge in [-0.3, -0.25) is 9.36 Å². The molecule has 2 N–H and O–H groups in total. The minimum absolute atomic E-state index is 0.0805. The van der Waals surface area contributed by atoms with Gasteiger partial charge in [0.15, 0.2) is 5.75 Å². The molecule has 0 bridgehead atoms. The average Bonchev–Trinajstić information content (AvgIpc) is 3.34. The van der Waals surface area contributed by atoms with E-state index in [4.69, 9.17) is 10.00 Å². The largest absolute Gasteiger partial charge is 0.454 e. The van der Waals surface area contributed by atoms with Crippen LogP contribution in [0.3, 0.4) is 0 Å². The zero-order valence-electron chi connectivity index (χ0n) is 19.9. The van der Waals surface area contributed by atoms with Crippen molar-refractivity contribution in [3.8, 4) is 17.6 Å². The van der Waals surface area contributed by atoms with Gasteiger partial charge in [-0.05, 0) is 43.7 Å². The van der Waals surface area contributed by atoms with Crippen LogP contribution in [0, 0.1) is 18.3 Å². The first kappa shape index (κ1) is 22.9. The van der Waals surface area contributed by atoms with Crippen LogP contribution in [-0.4, -0.2) is 32.7 Å². The number of ether oxygens (including phenoxy) is 1. The maximum Gasteiger partial charge on any atom is 0.300 e.